The van der Waals surface area contributed by atoms with Crippen LogP contribution in [0.25, 0.3) is 0 Å². The van der Waals surface area contributed by atoms with Crippen molar-refractivity contribution in [2.75, 3.05) is 32.8 Å². The van der Waals surface area contributed by atoms with Crippen LogP contribution in [0.2, 0.25) is 0 Å². The molecule has 0 amide bonds. The zero-order valence-electron chi connectivity index (χ0n) is 8.46. The quantitative estimate of drug-likeness (QED) is 0.590. The van der Waals surface area contributed by atoms with Gasteiger partial charge in [0.2, 0.25) is 0 Å². The molecule has 2 rings (SSSR count). The fraction of sp³-hybridized carbons (Fsp3) is 1.00. The van der Waals surface area contributed by atoms with Gasteiger partial charge in [-0.1, -0.05) is 0 Å². The Hall–Kier alpha value is 0.412. The van der Waals surface area contributed by atoms with Crippen molar-refractivity contribution in [3.8, 4) is 0 Å². The Morgan fingerprint density at radius 2 is 2.38 bits per heavy atom. The summed E-state index contributed by atoms with van der Waals surface area (Å²) in [5, 5.41) is 3.46. The van der Waals surface area contributed by atoms with Crippen molar-refractivity contribution < 1.29 is 3.79 Å². The van der Waals surface area contributed by atoms with Crippen LogP contribution >= 0.6 is 0 Å². The summed E-state index contributed by atoms with van der Waals surface area (Å²) in [6, 6.07) is 0.819. The lowest BCUT2D eigenvalue weighted by atomic mass is 9.92. The fourth-order valence-corrected chi connectivity index (χ4v) is 3.02. The second kappa shape index (κ2) is 4.77. The van der Waals surface area contributed by atoms with Crippen molar-refractivity contribution in [2.45, 2.75) is 18.9 Å². The lowest BCUT2D eigenvalue weighted by molar-refractivity contribution is 0.0667. The van der Waals surface area contributed by atoms with Crippen LogP contribution in [0.1, 0.15) is 12.8 Å². The molecule has 0 aliphatic carbocycles. The minimum Gasteiger partial charge on any atom is -0.506 e. The average Bonchev–Trinajstić information content (AvgIpc) is 2.18. The summed E-state index contributed by atoms with van der Waals surface area (Å²) in [6.07, 6.45) is 2.73. The Balaban J connectivity index is 1.84. The molecule has 2 heterocycles. The van der Waals surface area contributed by atoms with Crippen molar-refractivity contribution in [1.82, 2.24) is 10.2 Å². The third-order valence-electron chi connectivity index (χ3n) is 3.28. The van der Waals surface area contributed by atoms with Gasteiger partial charge in [0.15, 0.2) is 0 Å². The lowest BCUT2D eigenvalue weighted by Gasteiger charge is -2.42. The topological polar surface area (TPSA) is 24.5 Å². The normalized spacial score (nSPS) is 35.7. The summed E-state index contributed by atoms with van der Waals surface area (Å²) in [6.45, 7) is 5.89. The van der Waals surface area contributed by atoms with E-state index >= 15 is 0 Å². The Morgan fingerprint density at radius 3 is 3.23 bits per heavy atom. The number of piperidine rings is 1. The molecule has 0 radical (unpaired) electrons. The van der Waals surface area contributed by atoms with E-state index in [0.717, 1.165) is 35.2 Å². The van der Waals surface area contributed by atoms with Crippen LogP contribution in [-0.4, -0.2) is 60.4 Å². The molecule has 2 aliphatic heterocycles. The maximum atomic E-state index is 5.36. The van der Waals surface area contributed by atoms with Crippen LogP contribution in [0.4, 0.5) is 0 Å². The largest absolute Gasteiger partial charge is 0.506 e. The zero-order valence-corrected chi connectivity index (χ0v) is 10.5. The molecule has 0 spiro atoms. The van der Waals surface area contributed by atoms with Crippen LogP contribution in [0.5, 0.6) is 0 Å². The smallest absolute Gasteiger partial charge is 0.410 e. The highest BCUT2D eigenvalue weighted by atomic mass is 27.1. The van der Waals surface area contributed by atoms with E-state index in [1.165, 1.54) is 39.0 Å². The SMILES string of the molecule is [AlH2][O]CC1CCC2CNCCN2C1. The number of nitrogens with one attached hydrogen (secondary N) is 1. The minimum absolute atomic E-state index is 0.812. The second-order valence-electron chi connectivity index (χ2n) is 4.25. The van der Waals surface area contributed by atoms with Crippen LogP contribution in [0.15, 0.2) is 0 Å². The highest BCUT2D eigenvalue weighted by Gasteiger charge is 2.29. The lowest BCUT2D eigenvalue weighted by Crippen LogP contribution is -2.55. The molecule has 0 aromatic heterocycles. The Kier molecular flexibility index (Phi) is 3.65. The summed E-state index contributed by atoms with van der Waals surface area (Å²) in [5.74, 6) is 0.812. The molecule has 2 unspecified atom stereocenters. The zero-order chi connectivity index (χ0) is 9.10. The summed E-state index contributed by atoms with van der Waals surface area (Å²) in [5.41, 5.74) is 0. The van der Waals surface area contributed by atoms with Gasteiger partial charge in [-0.05, 0) is 18.8 Å². The highest BCUT2D eigenvalue weighted by molar-refractivity contribution is 5.97. The number of rotatable bonds is 2. The van der Waals surface area contributed by atoms with Gasteiger partial charge >= 0.3 is 16.6 Å². The van der Waals surface area contributed by atoms with Crippen LogP contribution in [0.3, 0.4) is 0 Å². The van der Waals surface area contributed by atoms with Crippen molar-refractivity contribution in [2.24, 2.45) is 5.92 Å². The van der Waals surface area contributed by atoms with E-state index < -0.39 is 0 Å². The first-order chi connectivity index (χ1) is 6.40. The van der Waals surface area contributed by atoms with E-state index in [9.17, 15) is 0 Å². The minimum atomic E-state index is 0.812. The molecular weight excluding hydrogens is 179 g/mol. The van der Waals surface area contributed by atoms with Gasteiger partial charge in [-0.25, -0.2) is 0 Å². The van der Waals surface area contributed by atoms with Gasteiger partial charge in [0.25, 0.3) is 0 Å². The monoisotopic (exact) mass is 198 g/mol. The maximum absolute atomic E-state index is 5.36. The van der Waals surface area contributed by atoms with E-state index in [1.807, 2.05) is 0 Å². The molecule has 2 fully saturated rings. The summed E-state index contributed by atoms with van der Waals surface area (Å²) >= 11 is 0.896. The first kappa shape index (κ1) is 9.95. The van der Waals surface area contributed by atoms with Crippen LogP contribution in [-0.2, 0) is 3.79 Å². The van der Waals surface area contributed by atoms with Gasteiger partial charge in [0.1, 0.15) is 0 Å². The predicted octanol–water partition coefficient (Wildman–Crippen LogP) is -0.765. The van der Waals surface area contributed by atoms with Crippen LogP contribution < -0.4 is 5.32 Å². The molecule has 4 heteroatoms. The van der Waals surface area contributed by atoms with E-state index in [-0.39, 0.29) is 0 Å². The fourth-order valence-electron chi connectivity index (χ4n) is 2.55. The third kappa shape index (κ3) is 2.46. The molecule has 0 aromatic rings. The van der Waals surface area contributed by atoms with E-state index in [0.29, 0.717) is 0 Å². The third-order valence-corrected chi connectivity index (χ3v) is 3.61. The molecule has 0 saturated carbocycles. The van der Waals surface area contributed by atoms with Crippen LogP contribution in [0, 0.1) is 5.92 Å². The van der Waals surface area contributed by atoms with Gasteiger partial charge in [0.05, 0.1) is 0 Å². The Bertz CT molecular complexity index is 168. The number of nitrogens with zero attached hydrogens (tertiary/aromatic N) is 1. The van der Waals surface area contributed by atoms with Gasteiger partial charge in [0, 0.05) is 38.8 Å². The predicted molar refractivity (Wildman–Crippen MR) is 55.5 cm³/mol. The van der Waals surface area contributed by atoms with Gasteiger partial charge < -0.3 is 9.11 Å². The first-order valence-corrected chi connectivity index (χ1v) is 6.15. The van der Waals surface area contributed by atoms with E-state index in [2.05, 4.69) is 10.2 Å². The molecule has 2 aliphatic rings. The van der Waals surface area contributed by atoms with Gasteiger partial charge in [-0.15, -0.1) is 0 Å². The average molecular weight is 198 g/mol. The van der Waals surface area contributed by atoms with E-state index in [1.54, 1.807) is 0 Å². The number of hydrogen-bond acceptors (Lipinski definition) is 3. The number of hydrogen-bond donors (Lipinski definition) is 1. The first-order valence-electron chi connectivity index (χ1n) is 5.34. The molecule has 1 N–H and O–H groups in total. The Morgan fingerprint density at radius 1 is 1.46 bits per heavy atom. The van der Waals surface area contributed by atoms with Crippen molar-refractivity contribution >= 4 is 16.6 Å². The van der Waals surface area contributed by atoms with Crippen molar-refractivity contribution in [3.05, 3.63) is 0 Å². The highest BCUT2D eigenvalue weighted by Crippen LogP contribution is 2.22. The van der Waals surface area contributed by atoms with Crippen molar-refractivity contribution in [1.29, 1.82) is 0 Å². The van der Waals surface area contributed by atoms with E-state index in [4.69, 9.17) is 3.79 Å². The Labute approximate surface area is 88.6 Å². The maximum Gasteiger partial charge on any atom is 0.410 e. The summed E-state index contributed by atoms with van der Waals surface area (Å²) in [7, 11) is 0. The molecular formula is C9H19AlN2O. The molecule has 13 heavy (non-hydrogen) atoms. The summed E-state index contributed by atoms with van der Waals surface area (Å²) < 4.78 is 5.36. The second-order valence-corrected chi connectivity index (χ2v) is 4.83. The number of fused-ring (bicyclic) bond motifs is 1. The molecule has 0 bridgehead atoms. The molecule has 74 valence electrons. The standard InChI is InChI=1S/C9H17N2O.Al.2H/c12-7-8-1-2-9-5-10-3-4-11(9)6-8;;;/h8-10H,1-7H2;;;/q-1;+1;;. The summed E-state index contributed by atoms with van der Waals surface area (Å²) in [4.78, 5) is 2.64. The molecule has 3 nitrogen and oxygen atoms in total. The molecule has 2 saturated heterocycles. The van der Waals surface area contributed by atoms with Gasteiger partial charge in [-0.2, -0.15) is 0 Å². The number of piperazine rings is 1. The molecule has 2 atom stereocenters. The van der Waals surface area contributed by atoms with Gasteiger partial charge in [-0.3, -0.25) is 4.90 Å². The van der Waals surface area contributed by atoms with Crippen molar-refractivity contribution in [3.63, 3.8) is 0 Å². The molecule has 0 aromatic carbocycles.